The number of hydrogen-bond acceptors (Lipinski definition) is 3. The lowest BCUT2D eigenvalue weighted by molar-refractivity contribution is -0.134. The molecule has 1 aromatic rings. The Morgan fingerprint density at radius 2 is 1.96 bits per heavy atom. The minimum atomic E-state index is -0.0908. The van der Waals surface area contributed by atoms with Gasteiger partial charge in [0.25, 0.3) is 5.91 Å². The van der Waals surface area contributed by atoms with E-state index in [4.69, 9.17) is 0 Å². The van der Waals surface area contributed by atoms with E-state index in [1.54, 1.807) is 14.1 Å². The second-order valence-electron chi connectivity index (χ2n) is 6.97. The molecule has 3 rings (SSSR count). The number of fused-ring (bicyclic) bond motifs is 1. The van der Waals surface area contributed by atoms with Gasteiger partial charge in [0, 0.05) is 27.1 Å². The molecule has 6 nitrogen and oxygen atoms in total. The van der Waals surface area contributed by atoms with Crippen LogP contribution in [0.1, 0.15) is 54.7 Å². The maximum Gasteiger partial charge on any atom is 0.273 e. The predicted octanol–water partition coefficient (Wildman–Crippen LogP) is 1.90. The summed E-state index contributed by atoms with van der Waals surface area (Å²) in [6.07, 6.45) is 6.91. The third-order valence-corrected chi connectivity index (χ3v) is 4.96. The van der Waals surface area contributed by atoms with Crippen LogP contribution >= 0.6 is 0 Å². The molecular weight excluding hydrogens is 292 g/mol. The van der Waals surface area contributed by atoms with Crippen LogP contribution in [-0.2, 0) is 17.9 Å². The first kappa shape index (κ1) is 16.0. The Morgan fingerprint density at radius 1 is 1.22 bits per heavy atom. The van der Waals surface area contributed by atoms with Crippen LogP contribution in [0.3, 0.4) is 0 Å². The largest absolute Gasteiger partial charge is 0.343 e. The fourth-order valence-electron chi connectivity index (χ4n) is 3.58. The first-order valence-corrected chi connectivity index (χ1v) is 8.60. The fraction of sp³-hybridized carbons (Fsp3) is 0.706. The van der Waals surface area contributed by atoms with E-state index in [9.17, 15) is 9.59 Å². The normalized spacial score (nSPS) is 18.6. The summed E-state index contributed by atoms with van der Waals surface area (Å²) in [5, 5.41) is 4.37. The molecular formula is C17H26N4O2. The van der Waals surface area contributed by atoms with Gasteiger partial charge in [-0.1, -0.05) is 19.3 Å². The minimum absolute atomic E-state index is 0.0908. The average Bonchev–Trinajstić information content (AvgIpc) is 2.97. The van der Waals surface area contributed by atoms with Crippen LogP contribution in [0.4, 0.5) is 0 Å². The molecule has 0 radical (unpaired) electrons. The van der Waals surface area contributed by atoms with Gasteiger partial charge in [-0.25, -0.2) is 0 Å². The molecule has 23 heavy (non-hydrogen) atoms. The molecule has 1 aliphatic heterocycles. The number of carbonyl (C=O) groups is 2. The minimum Gasteiger partial charge on any atom is -0.343 e. The van der Waals surface area contributed by atoms with Crippen molar-refractivity contribution in [3.8, 4) is 0 Å². The standard InChI is InChI=1S/C17H26N4O2/c1-19(2)17(23)15-11-14-12-20(8-9-21(14)18-15)16(22)10-13-6-4-3-5-7-13/h11,13H,3-10,12H2,1-2H3. The smallest absolute Gasteiger partial charge is 0.273 e. The zero-order valence-corrected chi connectivity index (χ0v) is 14.1. The van der Waals surface area contributed by atoms with Crippen LogP contribution in [0, 0.1) is 5.92 Å². The Labute approximate surface area is 137 Å². The molecule has 1 fully saturated rings. The third-order valence-electron chi connectivity index (χ3n) is 4.96. The molecule has 2 heterocycles. The molecule has 0 spiro atoms. The number of hydrogen-bond donors (Lipinski definition) is 0. The molecule has 2 amide bonds. The molecule has 0 aromatic carbocycles. The van der Waals surface area contributed by atoms with Gasteiger partial charge in [-0.3, -0.25) is 14.3 Å². The molecule has 1 saturated carbocycles. The van der Waals surface area contributed by atoms with Crippen molar-refractivity contribution in [3.05, 3.63) is 17.5 Å². The molecule has 0 unspecified atom stereocenters. The van der Waals surface area contributed by atoms with E-state index in [-0.39, 0.29) is 11.8 Å². The van der Waals surface area contributed by atoms with Crippen molar-refractivity contribution in [2.24, 2.45) is 5.92 Å². The molecule has 0 atom stereocenters. The molecule has 126 valence electrons. The third kappa shape index (κ3) is 3.57. The highest BCUT2D eigenvalue weighted by atomic mass is 16.2. The molecule has 2 aliphatic rings. The number of amides is 2. The lowest BCUT2D eigenvalue weighted by Gasteiger charge is -2.30. The van der Waals surface area contributed by atoms with Gasteiger partial charge in [-0.15, -0.1) is 0 Å². The monoisotopic (exact) mass is 318 g/mol. The van der Waals surface area contributed by atoms with Crippen LogP contribution in [0.15, 0.2) is 6.07 Å². The Balaban J connectivity index is 1.63. The maximum absolute atomic E-state index is 12.5. The highest BCUT2D eigenvalue weighted by Gasteiger charge is 2.26. The van der Waals surface area contributed by atoms with Gasteiger partial charge in [-0.2, -0.15) is 5.10 Å². The van der Waals surface area contributed by atoms with E-state index in [1.807, 2.05) is 15.6 Å². The lowest BCUT2D eigenvalue weighted by atomic mass is 9.86. The molecule has 1 aliphatic carbocycles. The van der Waals surface area contributed by atoms with E-state index in [0.29, 0.717) is 37.7 Å². The van der Waals surface area contributed by atoms with Crippen LogP contribution < -0.4 is 0 Å². The molecule has 0 N–H and O–H groups in total. The Hall–Kier alpha value is -1.85. The first-order valence-electron chi connectivity index (χ1n) is 8.60. The van der Waals surface area contributed by atoms with Crippen molar-refractivity contribution in [3.63, 3.8) is 0 Å². The fourth-order valence-corrected chi connectivity index (χ4v) is 3.58. The zero-order chi connectivity index (χ0) is 16.4. The molecule has 1 aromatic heterocycles. The summed E-state index contributed by atoms with van der Waals surface area (Å²) >= 11 is 0. The maximum atomic E-state index is 12.5. The summed E-state index contributed by atoms with van der Waals surface area (Å²) in [5.74, 6) is 0.728. The van der Waals surface area contributed by atoms with Gasteiger partial charge in [0.1, 0.15) is 0 Å². The Bertz CT molecular complexity index is 587. The quantitative estimate of drug-likeness (QED) is 0.855. The van der Waals surface area contributed by atoms with Crippen LogP contribution in [0.5, 0.6) is 0 Å². The van der Waals surface area contributed by atoms with E-state index in [1.165, 1.54) is 37.0 Å². The first-order chi connectivity index (χ1) is 11.0. The zero-order valence-electron chi connectivity index (χ0n) is 14.1. The second kappa shape index (κ2) is 6.72. The highest BCUT2D eigenvalue weighted by Crippen LogP contribution is 2.27. The number of carbonyl (C=O) groups excluding carboxylic acids is 2. The van der Waals surface area contributed by atoms with Gasteiger partial charge in [0.05, 0.1) is 18.8 Å². The Morgan fingerprint density at radius 3 is 2.65 bits per heavy atom. The number of aromatic nitrogens is 2. The summed E-state index contributed by atoms with van der Waals surface area (Å²) in [4.78, 5) is 28.0. The molecule has 0 bridgehead atoms. The second-order valence-corrected chi connectivity index (χ2v) is 6.97. The van der Waals surface area contributed by atoms with Gasteiger partial charge in [0.2, 0.25) is 5.91 Å². The van der Waals surface area contributed by atoms with Gasteiger partial charge in [-0.05, 0) is 24.8 Å². The van der Waals surface area contributed by atoms with E-state index in [0.717, 1.165) is 5.69 Å². The number of nitrogens with zero attached hydrogens (tertiary/aromatic N) is 4. The Kier molecular flexibility index (Phi) is 4.68. The molecule has 0 saturated heterocycles. The predicted molar refractivity (Wildman–Crippen MR) is 86.9 cm³/mol. The van der Waals surface area contributed by atoms with Crippen molar-refractivity contribution >= 4 is 11.8 Å². The lowest BCUT2D eigenvalue weighted by Crippen LogP contribution is -2.39. The van der Waals surface area contributed by atoms with Crippen molar-refractivity contribution in [1.82, 2.24) is 19.6 Å². The summed E-state index contributed by atoms with van der Waals surface area (Å²) in [6, 6.07) is 1.82. The van der Waals surface area contributed by atoms with Crippen molar-refractivity contribution in [1.29, 1.82) is 0 Å². The van der Waals surface area contributed by atoms with E-state index >= 15 is 0 Å². The van der Waals surface area contributed by atoms with Crippen LogP contribution in [0.25, 0.3) is 0 Å². The summed E-state index contributed by atoms with van der Waals surface area (Å²) in [6.45, 7) is 1.93. The van der Waals surface area contributed by atoms with Crippen LogP contribution in [0.2, 0.25) is 0 Å². The topological polar surface area (TPSA) is 58.4 Å². The van der Waals surface area contributed by atoms with Crippen molar-refractivity contribution in [2.75, 3.05) is 20.6 Å². The summed E-state index contributed by atoms with van der Waals surface area (Å²) in [5.41, 5.74) is 1.42. The SMILES string of the molecule is CN(C)C(=O)c1cc2n(n1)CCN(C(=O)CC1CCCCC1)C2. The van der Waals surface area contributed by atoms with Crippen molar-refractivity contribution in [2.45, 2.75) is 51.6 Å². The number of rotatable bonds is 3. The summed E-state index contributed by atoms with van der Waals surface area (Å²) < 4.78 is 1.86. The van der Waals surface area contributed by atoms with Crippen molar-refractivity contribution < 1.29 is 9.59 Å². The van der Waals surface area contributed by atoms with Gasteiger partial charge < -0.3 is 9.80 Å². The highest BCUT2D eigenvalue weighted by molar-refractivity contribution is 5.92. The summed E-state index contributed by atoms with van der Waals surface area (Å²) in [7, 11) is 3.45. The van der Waals surface area contributed by atoms with E-state index in [2.05, 4.69) is 5.10 Å². The van der Waals surface area contributed by atoms with Crippen LogP contribution in [-0.4, -0.2) is 52.0 Å². The molecule has 6 heteroatoms. The van der Waals surface area contributed by atoms with Gasteiger partial charge in [0.15, 0.2) is 5.69 Å². The van der Waals surface area contributed by atoms with Gasteiger partial charge >= 0.3 is 0 Å². The average molecular weight is 318 g/mol. The van der Waals surface area contributed by atoms with E-state index < -0.39 is 0 Å².